The number of piperidine rings is 1. The number of alkyl halides is 3. The lowest BCUT2D eigenvalue weighted by Crippen LogP contribution is -2.48. The summed E-state index contributed by atoms with van der Waals surface area (Å²) in [6.45, 7) is 1.13. The molecule has 1 aliphatic heterocycles. The van der Waals surface area contributed by atoms with E-state index in [1.165, 1.54) is 0 Å². The Morgan fingerprint density at radius 1 is 1.28 bits per heavy atom. The first kappa shape index (κ1) is 20.7. The minimum atomic E-state index is -4.57. The quantitative estimate of drug-likeness (QED) is 0.819. The average Bonchev–Trinajstić information content (AvgIpc) is 2.72. The van der Waals surface area contributed by atoms with Crippen LogP contribution >= 0.6 is 0 Å². The van der Waals surface area contributed by atoms with Gasteiger partial charge in [0, 0.05) is 19.3 Å². The van der Waals surface area contributed by atoms with Crippen molar-refractivity contribution in [2.45, 2.75) is 31.7 Å². The molecule has 1 unspecified atom stereocenters. The molecule has 0 bridgehead atoms. The highest BCUT2D eigenvalue weighted by molar-refractivity contribution is 5.74. The second-order valence-corrected chi connectivity index (χ2v) is 6.56. The number of benzene rings is 1. The summed E-state index contributed by atoms with van der Waals surface area (Å²) < 4.78 is 48.9. The molecule has 1 aliphatic rings. The molecule has 0 saturated carbocycles. The zero-order valence-electron chi connectivity index (χ0n) is 15.8. The van der Waals surface area contributed by atoms with Gasteiger partial charge in [0.2, 0.25) is 0 Å². The third-order valence-electron chi connectivity index (χ3n) is 4.46. The number of carbonyl (C=O) groups is 1. The summed E-state index contributed by atoms with van der Waals surface area (Å²) in [6, 6.07) is 7.50. The minimum Gasteiger partial charge on any atom is -0.497 e. The van der Waals surface area contributed by atoms with Crippen LogP contribution in [0.3, 0.4) is 0 Å². The van der Waals surface area contributed by atoms with Gasteiger partial charge in [-0.05, 0) is 36.6 Å². The Labute approximate surface area is 165 Å². The summed E-state index contributed by atoms with van der Waals surface area (Å²) >= 11 is 0. The Kier molecular flexibility index (Phi) is 6.40. The van der Waals surface area contributed by atoms with Gasteiger partial charge in [0.25, 0.3) is 0 Å². The predicted octanol–water partition coefficient (Wildman–Crippen LogP) is 3.26. The number of amides is 2. The number of urea groups is 1. The molecule has 2 aromatic rings. The number of nitrogens with one attached hydrogen (secondary N) is 1. The van der Waals surface area contributed by atoms with Crippen LogP contribution in [0.2, 0.25) is 0 Å². The van der Waals surface area contributed by atoms with Gasteiger partial charge >= 0.3 is 18.2 Å². The number of aromatic nitrogens is 2. The van der Waals surface area contributed by atoms with Crippen LogP contribution in [-0.2, 0) is 12.7 Å². The van der Waals surface area contributed by atoms with E-state index in [4.69, 9.17) is 9.47 Å². The summed E-state index contributed by atoms with van der Waals surface area (Å²) in [5.41, 5.74) is -0.145. The summed E-state index contributed by atoms with van der Waals surface area (Å²) in [5.74, 6) is 0.730. The molecule has 156 valence electrons. The number of hydrogen-bond donors (Lipinski definition) is 1. The molecule has 0 spiro atoms. The van der Waals surface area contributed by atoms with Gasteiger partial charge in [0.05, 0.1) is 13.7 Å². The van der Waals surface area contributed by atoms with Crippen molar-refractivity contribution in [1.29, 1.82) is 0 Å². The largest absolute Gasteiger partial charge is 0.497 e. The van der Waals surface area contributed by atoms with Crippen molar-refractivity contribution in [3.05, 3.63) is 47.8 Å². The molecule has 7 nitrogen and oxygen atoms in total. The molecule has 0 aliphatic carbocycles. The molecule has 3 rings (SSSR count). The molecule has 1 fully saturated rings. The molecule has 1 aromatic heterocycles. The topological polar surface area (TPSA) is 76.6 Å². The van der Waals surface area contributed by atoms with E-state index in [9.17, 15) is 18.0 Å². The standard InChI is InChI=1S/C19H21F3N4O3/c1-28-14-6-4-13(5-7-14)11-24-18(27)26-10-2-3-15(12-26)29-17-23-9-8-16(25-17)19(20,21)22/h4-9,15H,2-3,10-12H2,1H3,(H,24,27). The van der Waals surface area contributed by atoms with Gasteiger partial charge in [-0.3, -0.25) is 0 Å². The number of methoxy groups -OCH3 is 1. The van der Waals surface area contributed by atoms with E-state index in [-0.39, 0.29) is 18.6 Å². The molecule has 0 radical (unpaired) electrons. The van der Waals surface area contributed by atoms with Crippen molar-refractivity contribution in [2.75, 3.05) is 20.2 Å². The fourth-order valence-corrected chi connectivity index (χ4v) is 2.96. The fourth-order valence-electron chi connectivity index (χ4n) is 2.96. The SMILES string of the molecule is COc1ccc(CNC(=O)N2CCCC(Oc3nccc(C(F)(F)F)n3)C2)cc1. The second-order valence-electron chi connectivity index (χ2n) is 6.56. The van der Waals surface area contributed by atoms with Gasteiger partial charge in [-0.2, -0.15) is 18.2 Å². The van der Waals surface area contributed by atoms with Crippen LogP contribution in [-0.4, -0.2) is 47.2 Å². The van der Waals surface area contributed by atoms with E-state index >= 15 is 0 Å². The first-order chi connectivity index (χ1) is 13.8. The van der Waals surface area contributed by atoms with Crippen LogP contribution in [0.5, 0.6) is 11.8 Å². The number of ether oxygens (including phenoxy) is 2. The Hall–Kier alpha value is -3.04. The minimum absolute atomic E-state index is 0.244. The lowest BCUT2D eigenvalue weighted by Gasteiger charge is -2.32. The first-order valence-corrected chi connectivity index (χ1v) is 9.08. The first-order valence-electron chi connectivity index (χ1n) is 9.08. The van der Waals surface area contributed by atoms with E-state index in [2.05, 4.69) is 15.3 Å². The van der Waals surface area contributed by atoms with Crippen molar-refractivity contribution >= 4 is 6.03 Å². The number of halogens is 3. The van der Waals surface area contributed by atoms with Crippen molar-refractivity contribution in [2.24, 2.45) is 0 Å². The maximum atomic E-state index is 12.8. The van der Waals surface area contributed by atoms with Crippen LogP contribution in [0, 0.1) is 0 Å². The van der Waals surface area contributed by atoms with E-state index in [0.717, 1.165) is 23.6 Å². The Morgan fingerprint density at radius 2 is 2.03 bits per heavy atom. The monoisotopic (exact) mass is 410 g/mol. The summed E-state index contributed by atoms with van der Waals surface area (Å²) in [6.07, 6.45) is -2.77. The van der Waals surface area contributed by atoms with Crippen molar-refractivity contribution in [3.63, 3.8) is 0 Å². The van der Waals surface area contributed by atoms with Crippen LogP contribution in [0.1, 0.15) is 24.1 Å². The smallest absolute Gasteiger partial charge is 0.433 e. The predicted molar refractivity (Wildman–Crippen MR) is 97.5 cm³/mol. The molecular weight excluding hydrogens is 389 g/mol. The Morgan fingerprint density at radius 3 is 2.72 bits per heavy atom. The van der Waals surface area contributed by atoms with E-state index in [0.29, 0.717) is 25.9 Å². The summed E-state index contributed by atoms with van der Waals surface area (Å²) in [5, 5.41) is 2.83. The normalized spacial score (nSPS) is 17.0. The number of nitrogens with zero attached hydrogens (tertiary/aromatic N) is 3. The molecule has 1 atom stereocenters. The number of carbonyl (C=O) groups excluding carboxylic acids is 1. The molecule has 29 heavy (non-hydrogen) atoms. The van der Waals surface area contributed by atoms with Crippen LogP contribution < -0.4 is 14.8 Å². The van der Waals surface area contributed by atoms with Gasteiger partial charge in [-0.15, -0.1) is 0 Å². The molecule has 10 heteroatoms. The third kappa shape index (κ3) is 5.72. The highest BCUT2D eigenvalue weighted by atomic mass is 19.4. The van der Waals surface area contributed by atoms with Gasteiger partial charge in [0.1, 0.15) is 11.9 Å². The van der Waals surface area contributed by atoms with E-state index in [1.807, 2.05) is 12.1 Å². The fraction of sp³-hybridized carbons (Fsp3) is 0.421. The maximum Gasteiger partial charge on any atom is 0.433 e. The van der Waals surface area contributed by atoms with Crippen LogP contribution in [0.15, 0.2) is 36.5 Å². The van der Waals surface area contributed by atoms with Crippen LogP contribution in [0.4, 0.5) is 18.0 Å². The zero-order chi connectivity index (χ0) is 20.9. The van der Waals surface area contributed by atoms with Gasteiger partial charge in [-0.25, -0.2) is 9.78 Å². The zero-order valence-corrected chi connectivity index (χ0v) is 15.8. The summed E-state index contributed by atoms with van der Waals surface area (Å²) in [4.78, 5) is 21.2. The third-order valence-corrected chi connectivity index (χ3v) is 4.46. The molecule has 1 N–H and O–H groups in total. The lowest BCUT2D eigenvalue weighted by atomic mass is 10.1. The molecule has 1 saturated heterocycles. The molecule has 1 aromatic carbocycles. The van der Waals surface area contributed by atoms with E-state index < -0.39 is 18.0 Å². The van der Waals surface area contributed by atoms with Crippen molar-refractivity contribution < 1.29 is 27.4 Å². The number of rotatable bonds is 5. The van der Waals surface area contributed by atoms with E-state index in [1.54, 1.807) is 24.1 Å². The molecule has 2 heterocycles. The lowest BCUT2D eigenvalue weighted by molar-refractivity contribution is -0.141. The Balaban J connectivity index is 1.53. The molecular formula is C19H21F3N4O3. The molecule has 2 amide bonds. The van der Waals surface area contributed by atoms with Gasteiger partial charge in [-0.1, -0.05) is 12.1 Å². The van der Waals surface area contributed by atoms with Crippen molar-refractivity contribution in [3.8, 4) is 11.8 Å². The second kappa shape index (κ2) is 8.97. The number of likely N-dealkylation sites (tertiary alicyclic amines) is 1. The number of hydrogen-bond acceptors (Lipinski definition) is 5. The summed E-state index contributed by atoms with van der Waals surface area (Å²) in [7, 11) is 1.58. The highest BCUT2D eigenvalue weighted by Gasteiger charge is 2.33. The maximum absolute atomic E-state index is 12.8. The van der Waals surface area contributed by atoms with Crippen molar-refractivity contribution in [1.82, 2.24) is 20.2 Å². The highest BCUT2D eigenvalue weighted by Crippen LogP contribution is 2.28. The van der Waals surface area contributed by atoms with Crippen LogP contribution in [0.25, 0.3) is 0 Å². The Bertz CT molecular complexity index is 830. The van der Waals surface area contributed by atoms with Gasteiger partial charge in [0.15, 0.2) is 5.69 Å². The average molecular weight is 410 g/mol. The van der Waals surface area contributed by atoms with Gasteiger partial charge < -0.3 is 19.7 Å².